The quantitative estimate of drug-likeness (QED) is 0.805. The fourth-order valence-corrected chi connectivity index (χ4v) is 1.95. The average molecular weight is 283 g/mol. The number of hydrogen-bond donors (Lipinski definition) is 3. The van der Waals surface area contributed by atoms with Crippen LogP contribution in [0.25, 0.3) is 0 Å². The molecule has 0 spiro atoms. The van der Waals surface area contributed by atoms with Crippen molar-refractivity contribution in [2.24, 2.45) is 0 Å². The number of benzene rings is 2. The van der Waals surface area contributed by atoms with Gasteiger partial charge >= 0.3 is 0 Å². The van der Waals surface area contributed by atoms with Crippen LogP contribution in [0.1, 0.15) is 18.5 Å². The van der Waals surface area contributed by atoms with E-state index in [4.69, 9.17) is 0 Å². The topological polar surface area (TPSA) is 52.5 Å². The summed E-state index contributed by atoms with van der Waals surface area (Å²) in [7, 11) is 0. The van der Waals surface area contributed by atoms with Crippen LogP contribution >= 0.6 is 0 Å². The number of anilines is 1. The van der Waals surface area contributed by atoms with Crippen LogP contribution in [0.4, 0.5) is 18.9 Å². The Morgan fingerprint density at radius 2 is 1.50 bits per heavy atom. The number of hydrogen-bond acceptors (Lipinski definition) is 3. The first-order chi connectivity index (χ1) is 9.40. The van der Waals surface area contributed by atoms with E-state index in [9.17, 15) is 23.4 Å². The van der Waals surface area contributed by atoms with Gasteiger partial charge in [-0.15, -0.1) is 0 Å². The molecule has 2 aromatic carbocycles. The van der Waals surface area contributed by atoms with E-state index in [-0.39, 0.29) is 17.1 Å². The van der Waals surface area contributed by atoms with Crippen LogP contribution in [0.15, 0.2) is 30.3 Å². The molecule has 2 aromatic rings. The van der Waals surface area contributed by atoms with Crippen molar-refractivity contribution in [1.82, 2.24) is 0 Å². The van der Waals surface area contributed by atoms with Crippen LogP contribution < -0.4 is 5.32 Å². The van der Waals surface area contributed by atoms with Gasteiger partial charge in [0.1, 0.15) is 23.0 Å². The predicted octanol–water partition coefficient (Wildman–Crippen LogP) is 3.69. The van der Waals surface area contributed by atoms with Crippen molar-refractivity contribution in [3.05, 3.63) is 53.3 Å². The van der Waals surface area contributed by atoms with Crippen LogP contribution in [-0.2, 0) is 0 Å². The molecule has 0 aromatic heterocycles. The van der Waals surface area contributed by atoms with E-state index in [2.05, 4.69) is 5.32 Å². The molecule has 0 heterocycles. The first-order valence-electron chi connectivity index (χ1n) is 5.82. The first kappa shape index (κ1) is 14.0. The molecule has 3 nitrogen and oxygen atoms in total. The van der Waals surface area contributed by atoms with Crippen LogP contribution in [0, 0.1) is 17.5 Å². The smallest absolute Gasteiger partial charge is 0.152 e. The second-order valence-electron chi connectivity index (χ2n) is 4.32. The number of rotatable bonds is 3. The monoisotopic (exact) mass is 283 g/mol. The number of nitrogens with one attached hydrogen (secondary N) is 1. The molecule has 3 N–H and O–H groups in total. The Morgan fingerprint density at radius 3 is 2.00 bits per heavy atom. The zero-order valence-electron chi connectivity index (χ0n) is 10.5. The molecule has 20 heavy (non-hydrogen) atoms. The third kappa shape index (κ3) is 2.64. The van der Waals surface area contributed by atoms with Crippen molar-refractivity contribution in [2.75, 3.05) is 5.32 Å². The summed E-state index contributed by atoms with van der Waals surface area (Å²) in [5.41, 5.74) is -0.433. The fraction of sp³-hybridized carbons (Fsp3) is 0.143. The van der Waals surface area contributed by atoms with Gasteiger partial charge in [-0.25, -0.2) is 13.2 Å². The molecule has 0 saturated carbocycles. The van der Waals surface area contributed by atoms with Crippen molar-refractivity contribution < 1.29 is 23.4 Å². The lowest BCUT2D eigenvalue weighted by Crippen LogP contribution is -2.10. The van der Waals surface area contributed by atoms with E-state index in [1.54, 1.807) is 0 Å². The maximum atomic E-state index is 13.5. The summed E-state index contributed by atoms with van der Waals surface area (Å²) in [6.07, 6.45) is 0. The van der Waals surface area contributed by atoms with Gasteiger partial charge in [-0.1, -0.05) is 6.07 Å². The molecule has 0 fully saturated rings. The van der Waals surface area contributed by atoms with Crippen molar-refractivity contribution >= 4 is 5.69 Å². The second kappa shape index (κ2) is 5.32. The molecule has 0 aliphatic carbocycles. The zero-order chi connectivity index (χ0) is 14.9. The molecule has 106 valence electrons. The number of phenolic OH excluding ortho intramolecular Hbond substituents is 2. The summed E-state index contributed by atoms with van der Waals surface area (Å²) in [4.78, 5) is 0. The van der Waals surface area contributed by atoms with E-state index >= 15 is 0 Å². The van der Waals surface area contributed by atoms with Gasteiger partial charge < -0.3 is 15.5 Å². The third-order valence-electron chi connectivity index (χ3n) is 2.86. The number of phenols is 2. The predicted molar refractivity (Wildman–Crippen MR) is 68.1 cm³/mol. The molecule has 1 unspecified atom stereocenters. The lowest BCUT2D eigenvalue weighted by atomic mass is 10.1. The Bertz CT molecular complexity index is 603. The largest absolute Gasteiger partial charge is 0.507 e. The Kier molecular flexibility index (Phi) is 3.74. The summed E-state index contributed by atoms with van der Waals surface area (Å²) in [6, 6.07) is 4.41. The minimum Gasteiger partial charge on any atom is -0.507 e. The maximum absolute atomic E-state index is 13.5. The fourth-order valence-electron chi connectivity index (χ4n) is 1.95. The Morgan fingerprint density at radius 1 is 1.00 bits per heavy atom. The molecule has 0 saturated heterocycles. The standard InChI is InChI=1S/C14H12F3NO2/c1-7(13-11(19)3-2-4-12(13)20)18-14-9(16)5-8(15)6-10(14)17/h2-7,18-20H,1H3. The molecule has 0 radical (unpaired) electrons. The highest BCUT2D eigenvalue weighted by molar-refractivity contribution is 5.52. The third-order valence-corrected chi connectivity index (χ3v) is 2.86. The Hall–Kier alpha value is -2.37. The first-order valence-corrected chi connectivity index (χ1v) is 5.82. The van der Waals surface area contributed by atoms with Gasteiger partial charge in [-0.05, 0) is 19.1 Å². The summed E-state index contributed by atoms with van der Waals surface area (Å²) >= 11 is 0. The van der Waals surface area contributed by atoms with Crippen LogP contribution in [0.5, 0.6) is 11.5 Å². The van der Waals surface area contributed by atoms with E-state index in [1.807, 2.05) is 0 Å². The lowest BCUT2D eigenvalue weighted by molar-refractivity contribution is 0.433. The molecule has 0 aliphatic rings. The summed E-state index contributed by atoms with van der Waals surface area (Å²) in [5, 5.41) is 21.8. The van der Waals surface area contributed by atoms with E-state index in [0.29, 0.717) is 12.1 Å². The highest BCUT2D eigenvalue weighted by Crippen LogP contribution is 2.35. The zero-order valence-corrected chi connectivity index (χ0v) is 10.5. The molecule has 0 bridgehead atoms. The molecule has 1 atom stereocenters. The average Bonchev–Trinajstić information content (AvgIpc) is 2.33. The molecular weight excluding hydrogens is 271 g/mol. The van der Waals surface area contributed by atoms with Crippen molar-refractivity contribution in [3.8, 4) is 11.5 Å². The minimum absolute atomic E-state index is 0.0932. The van der Waals surface area contributed by atoms with Crippen LogP contribution in [0.3, 0.4) is 0 Å². The van der Waals surface area contributed by atoms with E-state index in [1.165, 1.54) is 25.1 Å². The van der Waals surface area contributed by atoms with Gasteiger partial charge in [0.05, 0.1) is 11.6 Å². The van der Waals surface area contributed by atoms with Crippen LogP contribution in [0.2, 0.25) is 0 Å². The van der Waals surface area contributed by atoms with Gasteiger partial charge in [0.15, 0.2) is 11.6 Å². The van der Waals surface area contributed by atoms with Crippen LogP contribution in [-0.4, -0.2) is 10.2 Å². The van der Waals surface area contributed by atoms with Crippen molar-refractivity contribution in [1.29, 1.82) is 0 Å². The van der Waals surface area contributed by atoms with Crippen molar-refractivity contribution in [2.45, 2.75) is 13.0 Å². The normalized spacial score (nSPS) is 12.2. The SMILES string of the molecule is CC(Nc1c(F)cc(F)cc1F)c1c(O)cccc1O. The summed E-state index contributed by atoms with van der Waals surface area (Å²) in [6.45, 7) is 1.50. The molecular formula is C14H12F3NO2. The van der Waals surface area contributed by atoms with Gasteiger partial charge in [-0.2, -0.15) is 0 Å². The molecule has 0 amide bonds. The number of halogens is 3. The minimum atomic E-state index is -1.09. The number of aromatic hydroxyl groups is 2. The molecule has 0 aliphatic heterocycles. The van der Waals surface area contributed by atoms with Gasteiger partial charge in [-0.3, -0.25) is 0 Å². The Balaban J connectivity index is 2.35. The van der Waals surface area contributed by atoms with Crippen molar-refractivity contribution in [3.63, 3.8) is 0 Å². The lowest BCUT2D eigenvalue weighted by Gasteiger charge is -2.18. The van der Waals surface area contributed by atoms with Gasteiger partial charge in [0, 0.05) is 12.1 Å². The Labute approximate surface area is 113 Å². The highest BCUT2D eigenvalue weighted by atomic mass is 19.1. The second-order valence-corrected chi connectivity index (χ2v) is 4.32. The maximum Gasteiger partial charge on any atom is 0.152 e. The molecule has 2 rings (SSSR count). The van der Waals surface area contributed by atoms with E-state index < -0.39 is 29.2 Å². The van der Waals surface area contributed by atoms with Gasteiger partial charge in [0.2, 0.25) is 0 Å². The van der Waals surface area contributed by atoms with Gasteiger partial charge in [0.25, 0.3) is 0 Å². The molecule has 6 heteroatoms. The summed E-state index contributed by atoms with van der Waals surface area (Å²) in [5.74, 6) is -3.64. The highest BCUT2D eigenvalue weighted by Gasteiger charge is 2.19. The van der Waals surface area contributed by atoms with E-state index in [0.717, 1.165) is 0 Å². The summed E-state index contributed by atoms with van der Waals surface area (Å²) < 4.78 is 39.9.